The molecule has 1 N–H and O–H groups in total. The molecule has 0 aliphatic heterocycles. The van der Waals surface area contributed by atoms with Crippen LogP contribution in [0.15, 0.2) is 93.6 Å². The number of nitrogens with one attached hydrogen (secondary N) is 1. The van der Waals surface area contributed by atoms with Crippen molar-refractivity contribution in [3.8, 4) is 17.1 Å². The molecule has 3 aromatic carbocycles. The number of rotatable bonds is 8. The van der Waals surface area contributed by atoms with Crippen LogP contribution < -0.4 is 5.43 Å². The van der Waals surface area contributed by atoms with E-state index in [4.69, 9.17) is 0 Å². The van der Waals surface area contributed by atoms with Gasteiger partial charge in [0.15, 0.2) is 11.0 Å². The number of nitrogens with zero attached hydrogens (tertiary/aromatic N) is 4. The molecule has 0 bridgehead atoms. The molecule has 1 heterocycles. The summed E-state index contributed by atoms with van der Waals surface area (Å²) in [6.45, 7) is 2.11. The molecule has 4 rings (SSSR count). The minimum atomic E-state index is -0.214. The first-order valence-electron chi connectivity index (χ1n) is 10.4. The Morgan fingerprint density at radius 2 is 1.76 bits per heavy atom. The highest BCUT2D eigenvalue weighted by atomic mass is 79.9. The van der Waals surface area contributed by atoms with E-state index in [9.17, 15) is 4.79 Å². The van der Waals surface area contributed by atoms with E-state index in [1.54, 1.807) is 6.21 Å². The normalized spacial score (nSPS) is 11.1. The minimum absolute atomic E-state index is 0.164. The number of hydrogen-bond donors (Lipinski definition) is 1. The summed E-state index contributed by atoms with van der Waals surface area (Å²) < 4.78 is 2.95. The molecule has 0 unspecified atom stereocenters. The van der Waals surface area contributed by atoms with Crippen molar-refractivity contribution in [1.29, 1.82) is 0 Å². The van der Waals surface area contributed by atoms with E-state index in [-0.39, 0.29) is 11.7 Å². The van der Waals surface area contributed by atoms with Gasteiger partial charge in [0.05, 0.1) is 12.0 Å². The van der Waals surface area contributed by atoms with Crippen molar-refractivity contribution in [2.24, 2.45) is 5.10 Å². The molecule has 0 spiro atoms. The van der Waals surface area contributed by atoms with Gasteiger partial charge in [-0.25, -0.2) is 5.43 Å². The summed E-state index contributed by atoms with van der Waals surface area (Å²) in [6, 6.07) is 25.8. The van der Waals surface area contributed by atoms with Crippen LogP contribution in [-0.4, -0.2) is 32.6 Å². The predicted molar refractivity (Wildman–Crippen MR) is 137 cm³/mol. The Hall–Kier alpha value is -3.23. The number of hydrogen-bond acceptors (Lipinski definition) is 5. The zero-order valence-electron chi connectivity index (χ0n) is 18.0. The Balaban J connectivity index is 1.46. The highest BCUT2D eigenvalue weighted by Crippen LogP contribution is 2.28. The second-order valence-corrected chi connectivity index (χ2v) is 9.02. The van der Waals surface area contributed by atoms with Crippen molar-refractivity contribution in [2.45, 2.75) is 18.5 Å². The van der Waals surface area contributed by atoms with Crippen LogP contribution in [0, 0.1) is 0 Å². The van der Waals surface area contributed by atoms with Gasteiger partial charge in [-0.2, -0.15) is 5.10 Å². The Kier molecular flexibility index (Phi) is 7.70. The molecule has 0 saturated heterocycles. The lowest BCUT2D eigenvalue weighted by Crippen LogP contribution is -2.20. The van der Waals surface area contributed by atoms with E-state index >= 15 is 0 Å². The third kappa shape index (κ3) is 5.97. The lowest BCUT2D eigenvalue weighted by atomic mass is 10.1. The second kappa shape index (κ2) is 11.1. The first kappa shape index (κ1) is 22.9. The van der Waals surface area contributed by atoms with Crippen molar-refractivity contribution < 1.29 is 4.79 Å². The van der Waals surface area contributed by atoms with Gasteiger partial charge < -0.3 is 0 Å². The predicted octanol–water partition coefficient (Wildman–Crippen LogP) is 5.50. The number of carbonyl (C=O) groups is 1. The Morgan fingerprint density at radius 3 is 2.45 bits per heavy atom. The highest BCUT2D eigenvalue weighted by molar-refractivity contribution is 9.10. The highest BCUT2D eigenvalue weighted by Gasteiger charge is 2.17. The summed E-state index contributed by atoms with van der Waals surface area (Å²) in [5, 5.41) is 13.5. The van der Waals surface area contributed by atoms with E-state index in [1.807, 2.05) is 71.3 Å². The summed E-state index contributed by atoms with van der Waals surface area (Å²) in [5.74, 6) is 0.664. The van der Waals surface area contributed by atoms with Crippen molar-refractivity contribution in [3.05, 3.63) is 94.5 Å². The number of amides is 1. The number of para-hydroxylation sites is 1. The van der Waals surface area contributed by atoms with Crippen LogP contribution in [-0.2, 0) is 11.2 Å². The van der Waals surface area contributed by atoms with Crippen molar-refractivity contribution >= 4 is 39.8 Å². The molecule has 0 aliphatic carbocycles. The van der Waals surface area contributed by atoms with Gasteiger partial charge in [0, 0.05) is 15.7 Å². The molecule has 8 heteroatoms. The zero-order valence-corrected chi connectivity index (χ0v) is 20.4. The fourth-order valence-electron chi connectivity index (χ4n) is 3.14. The van der Waals surface area contributed by atoms with Crippen LogP contribution in [0.25, 0.3) is 17.1 Å². The van der Waals surface area contributed by atoms with Gasteiger partial charge in [-0.3, -0.25) is 9.36 Å². The molecule has 0 aliphatic rings. The number of benzene rings is 3. The zero-order chi connectivity index (χ0) is 23.0. The first-order valence-corrected chi connectivity index (χ1v) is 12.2. The maximum absolute atomic E-state index is 12.4. The largest absolute Gasteiger partial charge is 0.272 e. The van der Waals surface area contributed by atoms with Gasteiger partial charge in [-0.05, 0) is 41.8 Å². The van der Waals surface area contributed by atoms with Crippen LogP contribution in [0.3, 0.4) is 0 Å². The molecule has 1 aromatic heterocycles. The Bertz CT molecular complexity index is 1240. The first-order chi connectivity index (χ1) is 16.1. The van der Waals surface area contributed by atoms with Gasteiger partial charge in [-0.1, -0.05) is 89.2 Å². The average molecular weight is 520 g/mol. The van der Waals surface area contributed by atoms with E-state index in [0.29, 0.717) is 11.0 Å². The van der Waals surface area contributed by atoms with Crippen LogP contribution in [0.4, 0.5) is 0 Å². The SMILES string of the molecule is CCc1ccc(/C=N\NC(=O)CSc2nnc(-c3ccc(Br)cc3)n2-c2ccccc2)cc1. The summed E-state index contributed by atoms with van der Waals surface area (Å²) >= 11 is 4.78. The molecular formula is C25H22BrN5OS. The van der Waals surface area contributed by atoms with E-state index in [2.05, 4.69) is 55.7 Å². The summed E-state index contributed by atoms with van der Waals surface area (Å²) in [6.07, 6.45) is 2.63. The molecule has 166 valence electrons. The molecule has 0 radical (unpaired) electrons. The topological polar surface area (TPSA) is 72.2 Å². The quantitative estimate of drug-likeness (QED) is 0.189. The van der Waals surface area contributed by atoms with Gasteiger partial charge in [0.1, 0.15) is 0 Å². The number of hydrazone groups is 1. The van der Waals surface area contributed by atoms with Crippen LogP contribution in [0.1, 0.15) is 18.1 Å². The maximum atomic E-state index is 12.4. The summed E-state index contributed by atoms with van der Waals surface area (Å²) in [7, 11) is 0. The minimum Gasteiger partial charge on any atom is -0.272 e. The Morgan fingerprint density at radius 1 is 1.03 bits per heavy atom. The second-order valence-electron chi connectivity index (χ2n) is 7.16. The van der Waals surface area contributed by atoms with Crippen LogP contribution in [0.2, 0.25) is 0 Å². The number of halogens is 1. The summed E-state index contributed by atoms with van der Waals surface area (Å²) in [5.41, 5.74) is 6.64. The lowest BCUT2D eigenvalue weighted by molar-refractivity contribution is -0.118. The maximum Gasteiger partial charge on any atom is 0.250 e. The molecule has 0 saturated carbocycles. The van der Waals surface area contributed by atoms with Crippen molar-refractivity contribution in [3.63, 3.8) is 0 Å². The van der Waals surface area contributed by atoms with Gasteiger partial charge in [0.25, 0.3) is 5.91 Å². The number of aryl methyl sites for hydroxylation is 1. The average Bonchev–Trinajstić information content (AvgIpc) is 3.28. The van der Waals surface area contributed by atoms with Crippen molar-refractivity contribution in [2.75, 3.05) is 5.75 Å². The lowest BCUT2D eigenvalue weighted by Gasteiger charge is -2.10. The van der Waals surface area contributed by atoms with E-state index < -0.39 is 0 Å². The molecule has 6 nitrogen and oxygen atoms in total. The molecule has 1 amide bonds. The van der Waals surface area contributed by atoms with E-state index in [0.717, 1.165) is 27.7 Å². The van der Waals surface area contributed by atoms with Gasteiger partial charge in [0.2, 0.25) is 0 Å². The number of carbonyl (C=O) groups excluding carboxylic acids is 1. The molecule has 4 aromatic rings. The third-order valence-electron chi connectivity index (χ3n) is 4.87. The smallest absolute Gasteiger partial charge is 0.250 e. The van der Waals surface area contributed by atoms with Gasteiger partial charge in [-0.15, -0.1) is 10.2 Å². The molecule has 0 atom stereocenters. The number of aromatic nitrogens is 3. The fourth-order valence-corrected chi connectivity index (χ4v) is 4.15. The Labute approximate surface area is 205 Å². The molecule has 33 heavy (non-hydrogen) atoms. The van der Waals surface area contributed by atoms with Gasteiger partial charge >= 0.3 is 0 Å². The van der Waals surface area contributed by atoms with E-state index in [1.165, 1.54) is 17.3 Å². The monoisotopic (exact) mass is 519 g/mol. The van der Waals surface area contributed by atoms with Crippen LogP contribution in [0.5, 0.6) is 0 Å². The third-order valence-corrected chi connectivity index (χ3v) is 6.33. The summed E-state index contributed by atoms with van der Waals surface area (Å²) in [4.78, 5) is 12.4. The number of thioether (sulfide) groups is 1. The molecule has 0 fully saturated rings. The molecular weight excluding hydrogens is 498 g/mol. The fraction of sp³-hybridized carbons (Fsp3) is 0.120. The standard InChI is InChI=1S/C25H22BrN5OS/c1-2-18-8-10-19(11-9-18)16-27-28-23(32)17-33-25-30-29-24(20-12-14-21(26)15-13-20)31(25)22-6-4-3-5-7-22/h3-16H,2,17H2,1H3,(H,28,32)/b27-16-. The van der Waals surface area contributed by atoms with Crippen LogP contribution >= 0.6 is 27.7 Å². The van der Waals surface area contributed by atoms with Crippen molar-refractivity contribution in [1.82, 2.24) is 20.2 Å².